The summed E-state index contributed by atoms with van der Waals surface area (Å²) in [7, 11) is 7.10. The van der Waals surface area contributed by atoms with Crippen molar-refractivity contribution in [2.24, 2.45) is 12.0 Å². The lowest BCUT2D eigenvalue weighted by Crippen LogP contribution is -2.40. The fourth-order valence-corrected chi connectivity index (χ4v) is 4.94. The quantitative estimate of drug-likeness (QED) is 0.562. The van der Waals surface area contributed by atoms with Crippen molar-refractivity contribution in [3.05, 3.63) is 78.2 Å². The summed E-state index contributed by atoms with van der Waals surface area (Å²) < 4.78 is 8.84. The van der Waals surface area contributed by atoms with Gasteiger partial charge < -0.3 is 9.64 Å². The molecule has 8 nitrogen and oxygen atoms in total. The van der Waals surface area contributed by atoms with Gasteiger partial charge in [-0.05, 0) is 37.6 Å². The molecule has 1 atom stereocenters. The van der Waals surface area contributed by atoms with Gasteiger partial charge in [0.15, 0.2) is 4.80 Å². The molecule has 0 bridgehead atoms. The first-order chi connectivity index (χ1) is 15.2. The Morgan fingerprint density at radius 2 is 1.91 bits per heavy atom. The van der Waals surface area contributed by atoms with Gasteiger partial charge >= 0.3 is 5.97 Å². The number of thiazole rings is 1. The van der Waals surface area contributed by atoms with Gasteiger partial charge in [0.2, 0.25) is 0 Å². The van der Waals surface area contributed by atoms with Crippen molar-refractivity contribution in [2.45, 2.75) is 19.9 Å². The Kier molecular flexibility index (Phi) is 5.60. The molecule has 32 heavy (non-hydrogen) atoms. The number of fused-ring (bicyclic) bond motifs is 1. The second kappa shape index (κ2) is 8.23. The summed E-state index contributed by atoms with van der Waals surface area (Å²) in [4.78, 5) is 33.4. The highest BCUT2D eigenvalue weighted by Crippen LogP contribution is 2.31. The normalized spacial score (nSPS) is 16.1. The molecule has 0 radical (unpaired) electrons. The number of carbonyl (C=O) groups is 1. The van der Waals surface area contributed by atoms with Crippen molar-refractivity contribution in [2.75, 3.05) is 26.1 Å². The number of hydrogen-bond acceptors (Lipinski definition) is 7. The van der Waals surface area contributed by atoms with Crippen LogP contribution in [0.3, 0.4) is 0 Å². The minimum absolute atomic E-state index is 0.201. The largest absolute Gasteiger partial charge is 0.466 e. The summed E-state index contributed by atoms with van der Waals surface area (Å²) in [6, 6.07) is 7.31. The van der Waals surface area contributed by atoms with E-state index in [2.05, 4.69) is 10.1 Å². The van der Waals surface area contributed by atoms with Crippen molar-refractivity contribution >= 4 is 29.1 Å². The Bertz CT molecular complexity index is 1410. The highest BCUT2D eigenvalue weighted by molar-refractivity contribution is 7.07. The fourth-order valence-electron chi connectivity index (χ4n) is 3.89. The Labute approximate surface area is 189 Å². The molecule has 0 aliphatic carbocycles. The van der Waals surface area contributed by atoms with E-state index in [1.165, 1.54) is 18.4 Å². The third-order valence-corrected chi connectivity index (χ3v) is 6.46. The van der Waals surface area contributed by atoms with Crippen LogP contribution in [-0.2, 0) is 16.6 Å². The molecule has 1 aliphatic heterocycles. The number of allylic oxidation sites excluding steroid dienone is 1. The highest BCUT2D eigenvalue weighted by atomic mass is 32.1. The number of carbonyl (C=O) groups excluding carboxylic acids is 1. The van der Waals surface area contributed by atoms with Gasteiger partial charge in [-0.3, -0.25) is 14.0 Å². The number of esters is 1. The van der Waals surface area contributed by atoms with E-state index in [-0.39, 0.29) is 5.56 Å². The van der Waals surface area contributed by atoms with Crippen LogP contribution >= 0.6 is 11.3 Å². The summed E-state index contributed by atoms with van der Waals surface area (Å²) in [6.07, 6.45) is 3.69. The van der Waals surface area contributed by atoms with Gasteiger partial charge in [-0.15, -0.1) is 0 Å². The number of ether oxygens (including phenoxy) is 1. The molecular formula is C23H25N5O3S. The Morgan fingerprint density at radius 1 is 1.22 bits per heavy atom. The van der Waals surface area contributed by atoms with Gasteiger partial charge in [0.05, 0.1) is 28.6 Å². The molecule has 3 heterocycles. The molecule has 3 aromatic rings. The molecule has 9 heteroatoms. The first-order valence-electron chi connectivity index (χ1n) is 10.1. The number of hydrogen-bond donors (Lipinski definition) is 0. The second-order valence-electron chi connectivity index (χ2n) is 7.90. The molecule has 166 valence electrons. The molecule has 0 amide bonds. The topological polar surface area (TPSA) is 81.7 Å². The maximum absolute atomic E-state index is 13.5. The monoisotopic (exact) mass is 451 g/mol. The number of rotatable bonds is 4. The first-order valence-corrected chi connectivity index (χ1v) is 10.9. The lowest BCUT2D eigenvalue weighted by Gasteiger charge is -2.23. The van der Waals surface area contributed by atoms with E-state index < -0.39 is 12.0 Å². The van der Waals surface area contributed by atoms with Crippen LogP contribution < -0.4 is 19.8 Å². The maximum atomic E-state index is 13.5. The minimum Gasteiger partial charge on any atom is -0.466 e. The SMILES string of the molecule is COC(=O)C1=C(C)N=c2s/c(=C/c3ccc(N(C)C)cc3)c(=O)n2C1c1cn(C)nc1C. The molecule has 1 aliphatic rings. The Balaban J connectivity index is 1.93. The summed E-state index contributed by atoms with van der Waals surface area (Å²) in [6.45, 7) is 3.63. The Morgan fingerprint density at radius 3 is 2.47 bits per heavy atom. The predicted molar refractivity (Wildman–Crippen MR) is 124 cm³/mol. The van der Waals surface area contributed by atoms with Crippen LogP contribution in [0, 0.1) is 6.92 Å². The van der Waals surface area contributed by atoms with E-state index in [0.29, 0.717) is 20.6 Å². The van der Waals surface area contributed by atoms with Crippen molar-refractivity contribution in [3.8, 4) is 0 Å². The zero-order chi connectivity index (χ0) is 23.2. The maximum Gasteiger partial charge on any atom is 0.338 e. The van der Waals surface area contributed by atoms with Crippen LogP contribution in [0.4, 0.5) is 5.69 Å². The van der Waals surface area contributed by atoms with E-state index in [0.717, 1.165) is 22.5 Å². The van der Waals surface area contributed by atoms with Crippen LogP contribution in [0.25, 0.3) is 6.08 Å². The summed E-state index contributed by atoms with van der Waals surface area (Å²) in [5.74, 6) is -0.506. The number of nitrogens with zero attached hydrogens (tertiary/aromatic N) is 5. The van der Waals surface area contributed by atoms with Gasteiger partial charge in [-0.2, -0.15) is 5.10 Å². The average Bonchev–Trinajstić information content (AvgIpc) is 3.24. The minimum atomic E-state index is -0.648. The van der Waals surface area contributed by atoms with Gasteiger partial charge in [0.1, 0.15) is 6.04 Å². The van der Waals surface area contributed by atoms with E-state index in [9.17, 15) is 9.59 Å². The first kappa shape index (κ1) is 21.8. The molecule has 0 saturated heterocycles. The smallest absolute Gasteiger partial charge is 0.338 e. The number of anilines is 1. The molecule has 0 N–H and O–H groups in total. The molecule has 0 spiro atoms. The van der Waals surface area contributed by atoms with Gasteiger partial charge in [-0.1, -0.05) is 23.5 Å². The molecule has 1 unspecified atom stereocenters. The number of aromatic nitrogens is 3. The highest BCUT2D eigenvalue weighted by Gasteiger charge is 2.34. The number of methoxy groups -OCH3 is 1. The fraction of sp³-hybridized carbons (Fsp3) is 0.304. The summed E-state index contributed by atoms with van der Waals surface area (Å²) >= 11 is 1.31. The predicted octanol–water partition coefficient (Wildman–Crippen LogP) is 1.52. The third-order valence-electron chi connectivity index (χ3n) is 5.48. The summed E-state index contributed by atoms with van der Waals surface area (Å²) in [5, 5.41) is 4.42. The summed E-state index contributed by atoms with van der Waals surface area (Å²) in [5.41, 5.74) is 4.18. The van der Waals surface area contributed by atoms with Crippen molar-refractivity contribution in [3.63, 3.8) is 0 Å². The Hall–Kier alpha value is -3.46. The van der Waals surface area contributed by atoms with Crippen molar-refractivity contribution in [1.82, 2.24) is 14.3 Å². The lowest BCUT2D eigenvalue weighted by atomic mass is 9.96. The molecule has 0 saturated carbocycles. The number of aryl methyl sites for hydroxylation is 2. The van der Waals surface area contributed by atoms with Crippen LogP contribution in [0.15, 0.2) is 51.5 Å². The zero-order valence-electron chi connectivity index (χ0n) is 18.9. The van der Waals surface area contributed by atoms with Crippen LogP contribution in [0.5, 0.6) is 0 Å². The average molecular weight is 452 g/mol. The standard InChI is InChI=1S/C23H25N5O3S/c1-13-17(12-27(5)25-13)20-19(22(30)31-6)14(2)24-23-28(20)21(29)18(32-23)11-15-7-9-16(10-8-15)26(3)4/h7-12,20H,1-6H3/b18-11+. The van der Waals surface area contributed by atoms with E-state index in [1.807, 2.05) is 69.5 Å². The van der Waals surface area contributed by atoms with Crippen molar-refractivity contribution in [1.29, 1.82) is 0 Å². The van der Waals surface area contributed by atoms with Crippen LogP contribution in [0.2, 0.25) is 0 Å². The van der Waals surface area contributed by atoms with E-state index >= 15 is 0 Å². The molecule has 0 fully saturated rings. The lowest BCUT2D eigenvalue weighted by molar-refractivity contribution is -0.136. The van der Waals surface area contributed by atoms with Crippen molar-refractivity contribution < 1.29 is 9.53 Å². The molecule has 1 aromatic carbocycles. The van der Waals surface area contributed by atoms with Crippen LogP contribution in [-0.4, -0.2) is 41.5 Å². The molecular weight excluding hydrogens is 426 g/mol. The van der Waals surface area contributed by atoms with Gasteiger partial charge in [0.25, 0.3) is 5.56 Å². The molecule has 4 rings (SSSR count). The van der Waals surface area contributed by atoms with E-state index in [1.54, 1.807) is 16.2 Å². The zero-order valence-corrected chi connectivity index (χ0v) is 19.7. The van der Waals surface area contributed by atoms with Crippen LogP contribution in [0.1, 0.15) is 29.8 Å². The van der Waals surface area contributed by atoms with Gasteiger partial charge in [-0.25, -0.2) is 9.79 Å². The van der Waals surface area contributed by atoms with E-state index in [4.69, 9.17) is 4.74 Å². The van der Waals surface area contributed by atoms with Gasteiger partial charge in [0, 0.05) is 38.6 Å². The number of benzene rings is 1. The third kappa shape index (κ3) is 3.69. The molecule has 2 aromatic heterocycles. The second-order valence-corrected chi connectivity index (χ2v) is 8.91.